The Kier molecular flexibility index (Phi) is 4.08. The molecule has 102 valence electrons. The van der Waals surface area contributed by atoms with Crippen molar-refractivity contribution >= 4 is 17.3 Å². The van der Waals surface area contributed by atoms with Gasteiger partial charge in [-0.2, -0.15) is 0 Å². The molecule has 3 N–H and O–H groups in total. The minimum absolute atomic E-state index is 0.0218. The van der Waals surface area contributed by atoms with E-state index in [0.717, 1.165) is 30.9 Å². The first-order valence-electron chi connectivity index (χ1n) is 6.13. The summed E-state index contributed by atoms with van der Waals surface area (Å²) in [6.45, 7) is 1.62. The third-order valence-electron chi connectivity index (χ3n) is 3.26. The maximum Gasteiger partial charge on any atom is 0.269 e. The second-order valence-electron chi connectivity index (χ2n) is 4.51. The summed E-state index contributed by atoms with van der Waals surface area (Å²) in [5.41, 5.74) is 0.445. The van der Waals surface area contributed by atoms with Gasteiger partial charge in [0.2, 0.25) is 5.91 Å². The average molecular weight is 264 g/mol. The fraction of sp³-hybridized carbons (Fsp3) is 0.417. The first kappa shape index (κ1) is 13.4. The number of hydrazine groups is 1. The van der Waals surface area contributed by atoms with Crippen molar-refractivity contribution in [2.45, 2.75) is 12.8 Å². The van der Waals surface area contributed by atoms with Gasteiger partial charge < -0.3 is 5.32 Å². The molecule has 7 heteroatoms. The first-order chi connectivity index (χ1) is 9.09. The van der Waals surface area contributed by atoms with Crippen LogP contribution in [0.4, 0.5) is 11.4 Å². The summed E-state index contributed by atoms with van der Waals surface area (Å²) < 4.78 is 0. The number of nitro benzene ring substituents is 1. The van der Waals surface area contributed by atoms with Crippen LogP contribution < -0.4 is 16.2 Å². The summed E-state index contributed by atoms with van der Waals surface area (Å²) in [6.07, 6.45) is 1.53. The van der Waals surface area contributed by atoms with Gasteiger partial charge in [-0.15, -0.1) is 0 Å². The lowest BCUT2D eigenvalue weighted by molar-refractivity contribution is -0.384. The highest BCUT2D eigenvalue weighted by atomic mass is 16.6. The van der Waals surface area contributed by atoms with E-state index >= 15 is 0 Å². The quantitative estimate of drug-likeness (QED) is 0.364. The van der Waals surface area contributed by atoms with Crippen LogP contribution in [-0.4, -0.2) is 23.9 Å². The maximum absolute atomic E-state index is 12.2. The molecule has 19 heavy (non-hydrogen) atoms. The lowest BCUT2D eigenvalue weighted by atomic mass is 9.97. The molecule has 1 aromatic carbocycles. The maximum atomic E-state index is 12.2. The molecule has 0 atom stereocenters. The fourth-order valence-electron chi connectivity index (χ4n) is 2.13. The molecule has 1 amide bonds. The molecule has 0 aromatic heterocycles. The van der Waals surface area contributed by atoms with Crippen LogP contribution in [0.15, 0.2) is 24.3 Å². The van der Waals surface area contributed by atoms with Crippen molar-refractivity contribution in [1.82, 2.24) is 5.32 Å². The van der Waals surface area contributed by atoms with Gasteiger partial charge in [-0.1, -0.05) is 0 Å². The Morgan fingerprint density at radius 3 is 2.42 bits per heavy atom. The molecule has 1 fully saturated rings. The van der Waals surface area contributed by atoms with Gasteiger partial charge in [0.05, 0.1) is 10.6 Å². The number of piperidine rings is 1. The van der Waals surface area contributed by atoms with Crippen molar-refractivity contribution in [3.63, 3.8) is 0 Å². The fourth-order valence-corrected chi connectivity index (χ4v) is 2.13. The van der Waals surface area contributed by atoms with E-state index in [1.165, 1.54) is 24.3 Å². The Labute approximate surface area is 110 Å². The van der Waals surface area contributed by atoms with Crippen LogP contribution in [0.5, 0.6) is 0 Å². The molecule has 1 aliphatic rings. The molecule has 0 saturated carbocycles. The molecule has 1 aromatic rings. The zero-order valence-electron chi connectivity index (χ0n) is 10.4. The summed E-state index contributed by atoms with van der Waals surface area (Å²) in [7, 11) is 0. The number of nitro groups is 1. The third-order valence-corrected chi connectivity index (χ3v) is 3.26. The van der Waals surface area contributed by atoms with Gasteiger partial charge in [0, 0.05) is 18.1 Å². The van der Waals surface area contributed by atoms with Crippen LogP contribution in [0.1, 0.15) is 12.8 Å². The Bertz CT molecular complexity index is 468. The van der Waals surface area contributed by atoms with Gasteiger partial charge in [-0.05, 0) is 38.1 Å². The summed E-state index contributed by atoms with van der Waals surface area (Å²) >= 11 is 0. The Morgan fingerprint density at radius 2 is 1.89 bits per heavy atom. The van der Waals surface area contributed by atoms with Crippen LogP contribution in [0.25, 0.3) is 0 Å². The summed E-state index contributed by atoms with van der Waals surface area (Å²) in [5, 5.41) is 14.8. The molecule has 0 radical (unpaired) electrons. The number of hydrogen-bond acceptors (Lipinski definition) is 5. The topological polar surface area (TPSA) is 102 Å². The molecule has 7 nitrogen and oxygen atoms in total. The first-order valence-corrected chi connectivity index (χ1v) is 6.13. The number of anilines is 1. The Hall–Kier alpha value is -1.99. The van der Waals surface area contributed by atoms with Crippen molar-refractivity contribution in [2.24, 2.45) is 11.8 Å². The highest BCUT2D eigenvalue weighted by Crippen LogP contribution is 2.21. The standard InChI is InChI=1S/C12H16N4O3/c13-15(12(17)9-5-7-14-8-6-9)10-1-3-11(4-2-10)16(18)19/h1-4,9,14H,5-8,13H2. The molecule has 1 saturated heterocycles. The van der Waals surface area contributed by atoms with E-state index in [1.54, 1.807) is 0 Å². The van der Waals surface area contributed by atoms with Crippen LogP contribution in [0.2, 0.25) is 0 Å². The van der Waals surface area contributed by atoms with E-state index in [-0.39, 0.29) is 17.5 Å². The molecule has 2 rings (SSSR count). The number of nitrogens with zero attached hydrogens (tertiary/aromatic N) is 2. The molecule has 0 unspecified atom stereocenters. The predicted octanol–water partition coefficient (Wildman–Crippen LogP) is 0.801. The van der Waals surface area contributed by atoms with Crippen molar-refractivity contribution in [3.05, 3.63) is 34.4 Å². The number of rotatable bonds is 3. The van der Waals surface area contributed by atoms with Crippen molar-refractivity contribution < 1.29 is 9.72 Å². The lowest BCUT2D eigenvalue weighted by Crippen LogP contribution is -2.45. The molecule has 1 aliphatic heterocycles. The van der Waals surface area contributed by atoms with E-state index in [4.69, 9.17) is 5.84 Å². The van der Waals surface area contributed by atoms with Crippen LogP contribution in [0.3, 0.4) is 0 Å². The average Bonchev–Trinajstić information content (AvgIpc) is 2.46. The summed E-state index contributed by atoms with van der Waals surface area (Å²) in [5.74, 6) is 5.56. The monoisotopic (exact) mass is 264 g/mol. The minimum atomic E-state index is -0.487. The number of carbonyl (C=O) groups is 1. The summed E-state index contributed by atoms with van der Waals surface area (Å²) in [4.78, 5) is 22.2. The number of nitrogens with two attached hydrogens (primary N) is 1. The summed E-state index contributed by atoms with van der Waals surface area (Å²) in [6, 6.07) is 5.64. The van der Waals surface area contributed by atoms with Gasteiger partial charge in [0.25, 0.3) is 5.69 Å². The lowest BCUT2D eigenvalue weighted by Gasteiger charge is -2.26. The van der Waals surface area contributed by atoms with E-state index in [1.807, 2.05) is 0 Å². The predicted molar refractivity (Wildman–Crippen MR) is 70.4 cm³/mol. The van der Waals surface area contributed by atoms with Crippen molar-refractivity contribution in [2.75, 3.05) is 18.1 Å². The number of amides is 1. The SMILES string of the molecule is NN(C(=O)C1CCNCC1)c1ccc([N+](=O)[O-])cc1. The number of hydrogen-bond donors (Lipinski definition) is 2. The minimum Gasteiger partial charge on any atom is -0.317 e. The smallest absolute Gasteiger partial charge is 0.269 e. The molecule has 0 spiro atoms. The van der Waals surface area contributed by atoms with E-state index < -0.39 is 4.92 Å². The number of nitrogens with one attached hydrogen (secondary N) is 1. The second-order valence-corrected chi connectivity index (χ2v) is 4.51. The van der Waals surface area contributed by atoms with Gasteiger partial charge in [0.15, 0.2) is 0 Å². The third kappa shape index (κ3) is 3.07. The highest BCUT2D eigenvalue weighted by molar-refractivity contribution is 5.94. The second kappa shape index (κ2) is 5.77. The van der Waals surface area contributed by atoms with Gasteiger partial charge in [-0.3, -0.25) is 14.9 Å². The number of carbonyl (C=O) groups excluding carboxylic acids is 1. The van der Waals surface area contributed by atoms with E-state index in [2.05, 4.69) is 5.32 Å². The zero-order chi connectivity index (χ0) is 13.8. The molecule has 1 heterocycles. The van der Waals surface area contributed by atoms with Gasteiger partial charge >= 0.3 is 0 Å². The van der Waals surface area contributed by atoms with Gasteiger partial charge in [-0.25, -0.2) is 10.9 Å². The highest BCUT2D eigenvalue weighted by Gasteiger charge is 2.25. The molecule has 0 aliphatic carbocycles. The number of benzene rings is 1. The molecular weight excluding hydrogens is 248 g/mol. The van der Waals surface area contributed by atoms with Crippen molar-refractivity contribution in [3.8, 4) is 0 Å². The van der Waals surface area contributed by atoms with Crippen LogP contribution in [0, 0.1) is 16.0 Å². The molecule has 0 bridgehead atoms. The van der Waals surface area contributed by atoms with Crippen LogP contribution >= 0.6 is 0 Å². The Morgan fingerprint density at radius 1 is 1.32 bits per heavy atom. The van der Waals surface area contributed by atoms with E-state index in [0.29, 0.717) is 5.69 Å². The Balaban J connectivity index is 2.07. The van der Waals surface area contributed by atoms with E-state index in [9.17, 15) is 14.9 Å². The normalized spacial score (nSPS) is 16.1. The van der Waals surface area contributed by atoms with Crippen molar-refractivity contribution in [1.29, 1.82) is 0 Å². The van der Waals surface area contributed by atoms with Crippen LogP contribution in [-0.2, 0) is 4.79 Å². The van der Waals surface area contributed by atoms with Gasteiger partial charge in [0.1, 0.15) is 0 Å². The number of non-ortho nitro benzene ring substituents is 1. The molecular formula is C12H16N4O3. The largest absolute Gasteiger partial charge is 0.317 e. The zero-order valence-corrected chi connectivity index (χ0v) is 10.4.